The van der Waals surface area contributed by atoms with E-state index in [0.717, 1.165) is 49.5 Å². The van der Waals surface area contributed by atoms with Gasteiger partial charge in [0.15, 0.2) is 0 Å². The number of H-pyrrole nitrogens is 1. The summed E-state index contributed by atoms with van der Waals surface area (Å²) in [7, 11) is 0. The minimum Gasteiger partial charge on any atom is -0.502 e. The molecule has 4 aromatic rings. The average molecular weight is 522 g/mol. The zero-order chi connectivity index (χ0) is 27.0. The highest BCUT2D eigenvalue weighted by atomic mass is 16.5. The first-order chi connectivity index (χ1) is 19.1. The summed E-state index contributed by atoms with van der Waals surface area (Å²) in [4.78, 5) is 21.0. The fourth-order valence-electron chi connectivity index (χ4n) is 4.75. The van der Waals surface area contributed by atoms with Crippen molar-refractivity contribution >= 4 is 0 Å². The van der Waals surface area contributed by atoms with Gasteiger partial charge in [0.25, 0.3) is 5.56 Å². The molecule has 1 fully saturated rings. The van der Waals surface area contributed by atoms with Crippen LogP contribution < -0.4 is 5.56 Å². The second kappa shape index (κ2) is 12.5. The third-order valence-electron chi connectivity index (χ3n) is 6.95. The Balaban J connectivity index is 1.29. The largest absolute Gasteiger partial charge is 0.502 e. The molecule has 7 heteroatoms. The van der Waals surface area contributed by atoms with Crippen molar-refractivity contribution in [3.63, 3.8) is 0 Å². The van der Waals surface area contributed by atoms with E-state index >= 15 is 0 Å². The van der Waals surface area contributed by atoms with Crippen molar-refractivity contribution in [1.29, 1.82) is 0 Å². The molecule has 198 valence electrons. The maximum atomic E-state index is 12.0. The Kier molecular flexibility index (Phi) is 8.49. The summed E-state index contributed by atoms with van der Waals surface area (Å²) < 4.78 is 5.42. The first-order valence-corrected chi connectivity index (χ1v) is 13.1. The van der Waals surface area contributed by atoms with Gasteiger partial charge in [0.05, 0.1) is 31.3 Å². The van der Waals surface area contributed by atoms with Crippen LogP contribution in [0.5, 0.6) is 5.75 Å². The van der Waals surface area contributed by atoms with Crippen LogP contribution in [0.2, 0.25) is 0 Å². The topological polar surface area (TPSA) is 98.7 Å². The molecule has 2 heterocycles. The maximum Gasteiger partial charge on any atom is 0.293 e. The zero-order valence-corrected chi connectivity index (χ0v) is 21.6. The summed E-state index contributed by atoms with van der Waals surface area (Å²) >= 11 is 0. The van der Waals surface area contributed by atoms with E-state index in [4.69, 9.17) is 4.74 Å². The second-order valence-corrected chi connectivity index (χ2v) is 9.66. The molecule has 1 aromatic heterocycles. The van der Waals surface area contributed by atoms with Crippen molar-refractivity contribution in [1.82, 2.24) is 14.9 Å². The van der Waals surface area contributed by atoms with Crippen LogP contribution in [0.15, 0.2) is 90.0 Å². The third kappa shape index (κ3) is 6.81. The van der Waals surface area contributed by atoms with Crippen LogP contribution in [0.25, 0.3) is 0 Å². The number of aromatic amines is 1. The molecule has 2 atom stereocenters. The molecule has 0 bridgehead atoms. The molecule has 1 aliphatic heterocycles. The number of aliphatic hydroxyl groups excluding tert-OH is 1. The summed E-state index contributed by atoms with van der Waals surface area (Å²) in [6.07, 6.45) is 0.658. The molecule has 0 aliphatic carbocycles. The van der Waals surface area contributed by atoms with Gasteiger partial charge in [-0.3, -0.25) is 9.69 Å². The Morgan fingerprint density at radius 1 is 0.897 bits per heavy atom. The van der Waals surface area contributed by atoms with Gasteiger partial charge in [-0.1, -0.05) is 66.4 Å². The third-order valence-corrected chi connectivity index (χ3v) is 6.95. The van der Waals surface area contributed by atoms with E-state index < -0.39 is 23.3 Å². The molecule has 0 spiro atoms. The Bertz CT molecular complexity index is 1480. The number of nitrogens with zero attached hydrogens (tertiary/aromatic N) is 2. The van der Waals surface area contributed by atoms with Crippen LogP contribution in [0, 0.1) is 11.8 Å². The minimum atomic E-state index is -0.961. The van der Waals surface area contributed by atoms with Gasteiger partial charge < -0.3 is 19.9 Å². The van der Waals surface area contributed by atoms with Crippen molar-refractivity contribution in [3.8, 4) is 17.6 Å². The molecule has 2 unspecified atom stereocenters. The quantitative estimate of drug-likeness (QED) is 0.320. The second-order valence-electron chi connectivity index (χ2n) is 9.66. The Morgan fingerprint density at radius 2 is 1.51 bits per heavy atom. The van der Waals surface area contributed by atoms with Crippen molar-refractivity contribution < 1.29 is 14.9 Å². The molecule has 0 saturated carbocycles. The van der Waals surface area contributed by atoms with Gasteiger partial charge in [-0.2, -0.15) is 0 Å². The molecule has 1 saturated heterocycles. The van der Waals surface area contributed by atoms with Crippen LogP contribution in [-0.4, -0.2) is 51.4 Å². The van der Waals surface area contributed by atoms with E-state index in [-0.39, 0.29) is 5.69 Å². The van der Waals surface area contributed by atoms with Crippen molar-refractivity contribution in [3.05, 3.63) is 129 Å². The SMILES string of the molecule is O=c1[nH]cnc(C(Cc2ccc(C#Cc3ccc(CN4CCOCC4)cc3)cc2)C(O)c2ccccc2)c1O. The molecule has 0 amide bonds. The van der Waals surface area contributed by atoms with Crippen molar-refractivity contribution in [2.45, 2.75) is 25.0 Å². The number of aromatic hydroxyl groups is 1. The summed E-state index contributed by atoms with van der Waals surface area (Å²) in [6.45, 7) is 4.43. The van der Waals surface area contributed by atoms with Gasteiger partial charge in [0, 0.05) is 36.7 Å². The first kappa shape index (κ1) is 26.4. The molecule has 3 aromatic carbocycles. The Morgan fingerprint density at radius 3 is 2.15 bits per heavy atom. The molecule has 7 nitrogen and oxygen atoms in total. The molecule has 5 rings (SSSR count). The normalized spacial score (nSPS) is 15.2. The molecular weight excluding hydrogens is 490 g/mol. The molecule has 39 heavy (non-hydrogen) atoms. The van der Waals surface area contributed by atoms with E-state index in [1.54, 1.807) is 0 Å². The molecule has 0 radical (unpaired) electrons. The van der Waals surface area contributed by atoms with Gasteiger partial charge in [-0.05, 0) is 47.4 Å². The van der Waals surface area contributed by atoms with Crippen LogP contribution in [0.3, 0.4) is 0 Å². The van der Waals surface area contributed by atoms with E-state index in [9.17, 15) is 15.0 Å². The number of hydrogen-bond acceptors (Lipinski definition) is 6. The van der Waals surface area contributed by atoms with E-state index in [1.165, 1.54) is 11.9 Å². The van der Waals surface area contributed by atoms with E-state index in [1.807, 2.05) is 66.7 Å². The molecular formula is C32H31N3O4. The smallest absolute Gasteiger partial charge is 0.293 e. The standard InChI is InChI=1S/C32H31N3O4/c36-30(27-4-2-1-3-5-27)28(29-31(37)32(38)34-22-33-29)20-25-12-8-23(9-13-25)6-7-24-10-14-26(15-11-24)21-35-16-18-39-19-17-35/h1-5,8-15,22,28,30,36-37H,16-21H2,(H,33,34,38). The highest BCUT2D eigenvalue weighted by molar-refractivity contribution is 5.44. The fourth-order valence-corrected chi connectivity index (χ4v) is 4.75. The number of nitrogens with one attached hydrogen (secondary N) is 1. The predicted octanol–water partition coefficient (Wildman–Crippen LogP) is 3.77. The highest BCUT2D eigenvalue weighted by Crippen LogP contribution is 2.35. The van der Waals surface area contributed by atoms with Gasteiger partial charge in [-0.25, -0.2) is 4.98 Å². The monoisotopic (exact) mass is 521 g/mol. The maximum absolute atomic E-state index is 12.0. The van der Waals surface area contributed by atoms with E-state index in [2.05, 4.69) is 38.8 Å². The highest BCUT2D eigenvalue weighted by Gasteiger charge is 2.28. The number of rotatable bonds is 7. The van der Waals surface area contributed by atoms with Gasteiger partial charge in [0.1, 0.15) is 0 Å². The average Bonchev–Trinajstić information content (AvgIpc) is 2.98. The number of aliphatic hydroxyl groups is 1. The van der Waals surface area contributed by atoms with Crippen LogP contribution in [-0.2, 0) is 17.7 Å². The lowest BCUT2D eigenvalue weighted by atomic mass is 9.86. The Labute approximate surface area is 227 Å². The Hall–Kier alpha value is -4.22. The lowest BCUT2D eigenvalue weighted by Gasteiger charge is -2.26. The van der Waals surface area contributed by atoms with Gasteiger partial charge in [0.2, 0.25) is 5.75 Å². The van der Waals surface area contributed by atoms with Crippen LogP contribution >= 0.6 is 0 Å². The fraction of sp³-hybridized carbons (Fsp3) is 0.250. The van der Waals surface area contributed by atoms with Crippen molar-refractivity contribution in [2.24, 2.45) is 0 Å². The van der Waals surface area contributed by atoms with Gasteiger partial charge in [-0.15, -0.1) is 0 Å². The van der Waals surface area contributed by atoms with Crippen LogP contribution in [0.1, 0.15) is 45.5 Å². The van der Waals surface area contributed by atoms with Crippen LogP contribution in [0.4, 0.5) is 0 Å². The summed E-state index contributed by atoms with van der Waals surface area (Å²) in [5.41, 5.74) is 4.22. The summed E-state index contributed by atoms with van der Waals surface area (Å²) in [5, 5.41) is 21.6. The zero-order valence-electron chi connectivity index (χ0n) is 21.6. The lowest BCUT2D eigenvalue weighted by molar-refractivity contribution is 0.0342. The number of benzene rings is 3. The summed E-state index contributed by atoms with van der Waals surface area (Å²) in [5.74, 6) is 5.34. The number of hydrogen-bond donors (Lipinski definition) is 3. The van der Waals surface area contributed by atoms with Crippen molar-refractivity contribution in [2.75, 3.05) is 26.3 Å². The first-order valence-electron chi connectivity index (χ1n) is 13.1. The molecule has 1 aliphatic rings. The minimum absolute atomic E-state index is 0.163. The summed E-state index contributed by atoms with van der Waals surface area (Å²) in [6, 6.07) is 25.3. The van der Waals surface area contributed by atoms with E-state index in [0.29, 0.717) is 12.0 Å². The number of ether oxygens (including phenoxy) is 1. The molecule has 3 N–H and O–H groups in total. The predicted molar refractivity (Wildman–Crippen MR) is 149 cm³/mol. The van der Waals surface area contributed by atoms with Gasteiger partial charge >= 0.3 is 0 Å². The lowest BCUT2D eigenvalue weighted by Crippen LogP contribution is -2.35. The number of aromatic nitrogens is 2. The number of morpholine rings is 1.